The van der Waals surface area contributed by atoms with E-state index >= 15 is 0 Å². The van der Waals surface area contributed by atoms with E-state index in [1.807, 2.05) is 0 Å². The molecule has 22 heavy (non-hydrogen) atoms. The lowest BCUT2D eigenvalue weighted by Crippen LogP contribution is -2.22. The van der Waals surface area contributed by atoms with E-state index in [0.29, 0.717) is 23.6 Å². The molecule has 1 N–H and O–H groups in total. The van der Waals surface area contributed by atoms with Crippen LogP contribution < -0.4 is 0 Å². The van der Waals surface area contributed by atoms with Gasteiger partial charge in [-0.05, 0) is 13.0 Å². The average molecular weight is 323 g/mol. The molecule has 0 aliphatic rings. The van der Waals surface area contributed by atoms with Crippen molar-refractivity contribution in [3.05, 3.63) is 28.2 Å². The highest BCUT2D eigenvalue weighted by molar-refractivity contribution is 6.76. The number of nitro groups is 1. The fourth-order valence-corrected chi connectivity index (χ4v) is 2.74. The number of ether oxygens (including phenoxy) is 1. The summed E-state index contributed by atoms with van der Waals surface area (Å²) in [6.07, 6.45) is 3.11. The van der Waals surface area contributed by atoms with Gasteiger partial charge < -0.3 is 4.74 Å². The van der Waals surface area contributed by atoms with Crippen LogP contribution >= 0.6 is 0 Å². The Bertz CT molecular complexity index is 645. The lowest BCUT2D eigenvalue weighted by Gasteiger charge is -2.15. The molecule has 2 aromatic heterocycles. The second-order valence-corrected chi connectivity index (χ2v) is 12.0. The fraction of sp³-hybridized carbons (Fsp3) is 0.538. The van der Waals surface area contributed by atoms with Gasteiger partial charge in [0.15, 0.2) is 5.69 Å². The molecule has 0 amide bonds. The molecule has 0 saturated carbocycles. The van der Waals surface area contributed by atoms with Crippen LogP contribution in [0.1, 0.15) is 5.69 Å². The monoisotopic (exact) mass is 323 g/mol. The fourth-order valence-electron chi connectivity index (χ4n) is 1.99. The van der Waals surface area contributed by atoms with Gasteiger partial charge in [0.2, 0.25) is 0 Å². The zero-order valence-electron chi connectivity index (χ0n) is 13.3. The minimum atomic E-state index is -1.15. The first-order valence-corrected chi connectivity index (χ1v) is 10.8. The third-order valence-corrected chi connectivity index (χ3v) is 5.04. The molecule has 0 saturated heterocycles. The summed E-state index contributed by atoms with van der Waals surface area (Å²) in [6.45, 7) is 9.36. The highest BCUT2D eigenvalue weighted by Crippen LogP contribution is 2.31. The normalized spacial score (nSPS) is 11.8. The SMILES string of the molecule is Cc1c([N+](=O)[O-])c(-c2cn[nH]c2)nn1COCC[Si](C)(C)C. The van der Waals surface area contributed by atoms with Gasteiger partial charge in [-0.3, -0.25) is 15.2 Å². The molecule has 0 spiro atoms. The zero-order valence-corrected chi connectivity index (χ0v) is 14.3. The molecule has 0 radical (unpaired) electrons. The van der Waals surface area contributed by atoms with E-state index in [1.54, 1.807) is 13.1 Å². The van der Waals surface area contributed by atoms with Crippen molar-refractivity contribution in [1.82, 2.24) is 20.0 Å². The summed E-state index contributed by atoms with van der Waals surface area (Å²) in [5, 5.41) is 22.1. The van der Waals surface area contributed by atoms with Gasteiger partial charge in [0.1, 0.15) is 12.4 Å². The Morgan fingerprint density at radius 2 is 2.18 bits per heavy atom. The van der Waals surface area contributed by atoms with Crippen LogP contribution in [0.3, 0.4) is 0 Å². The van der Waals surface area contributed by atoms with Crippen molar-refractivity contribution in [2.24, 2.45) is 0 Å². The number of rotatable bonds is 7. The van der Waals surface area contributed by atoms with Gasteiger partial charge in [0, 0.05) is 26.4 Å². The van der Waals surface area contributed by atoms with E-state index in [2.05, 4.69) is 34.9 Å². The zero-order chi connectivity index (χ0) is 16.3. The predicted octanol–water partition coefficient (Wildman–Crippen LogP) is 2.80. The molecule has 0 aliphatic carbocycles. The summed E-state index contributed by atoms with van der Waals surface area (Å²) in [4.78, 5) is 10.9. The van der Waals surface area contributed by atoms with Gasteiger partial charge in [0.05, 0.1) is 11.1 Å². The Kier molecular flexibility index (Phi) is 4.76. The first-order chi connectivity index (χ1) is 10.3. The summed E-state index contributed by atoms with van der Waals surface area (Å²) < 4.78 is 7.16. The average Bonchev–Trinajstić information content (AvgIpc) is 3.01. The van der Waals surface area contributed by atoms with Crippen LogP contribution in [0.15, 0.2) is 12.4 Å². The predicted molar refractivity (Wildman–Crippen MR) is 85.3 cm³/mol. The van der Waals surface area contributed by atoms with Gasteiger partial charge in [-0.25, -0.2) is 4.68 Å². The van der Waals surface area contributed by atoms with Crippen molar-refractivity contribution < 1.29 is 9.66 Å². The Hall–Kier alpha value is -2.00. The van der Waals surface area contributed by atoms with Crippen molar-refractivity contribution in [2.75, 3.05) is 6.61 Å². The quantitative estimate of drug-likeness (QED) is 0.365. The van der Waals surface area contributed by atoms with Crippen LogP contribution in [0.5, 0.6) is 0 Å². The van der Waals surface area contributed by atoms with Crippen LogP contribution in [-0.2, 0) is 11.5 Å². The molecular formula is C13H21N5O3Si. The molecule has 0 fully saturated rings. The molecule has 0 bridgehead atoms. The Morgan fingerprint density at radius 1 is 1.45 bits per heavy atom. The van der Waals surface area contributed by atoms with Crippen LogP contribution in [0.4, 0.5) is 5.69 Å². The maximum absolute atomic E-state index is 11.3. The number of aromatic amines is 1. The van der Waals surface area contributed by atoms with Crippen LogP contribution in [0.25, 0.3) is 11.3 Å². The van der Waals surface area contributed by atoms with Gasteiger partial charge >= 0.3 is 5.69 Å². The summed E-state index contributed by atoms with van der Waals surface area (Å²) >= 11 is 0. The van der Waals surface area contributed by atoms with E-state index in [1.165, 1.54) is 10.9 Å². The lowest BCUT2D eigenvalue weighted by atomic mass is 10.2. The van der Waals surface area contributed by atoms with Gasteiger partial charge in [-0.2, -0.15) is 10.2 Å². The van der Waals surface area contributed by atoms with Gasteiger partial charge in [-0.15, -0.1) is 0 Å². The molecular weight excluding hydrogens is 302 g/mol. The van der Waals surface area contributed by atoms with Crippen molar-refractivity contribution >= 4 is 13.8 Å². The number of aromatic nitrogens is 4. The molecule has 2 heterocycles. The number of hydrogen-bond acceptors (Lipinski definition) is 5. The Balaban J connectivity index is 2.16. The highest BCUT2D eigenvalue weighted by atomic mass is 28.3. The number of hydrogen-bond donors (Lipinski definition) is 1. The van der Waals surface area contributed by atoms with Crippen molar-refractivity contribution in [2.45, 2.75) is 39.3 Å². The van der Waals surface area contributed by atoms with E-state index in [4.69, 9.17) is 4.74 Å². The summed E-state index contributed by atoms with van der Waals surface area (Å²) in [5.41, 5.74) is 1.38. The van der Waals surface area contributed by atoms with Crippen molar-refractivity contribution in [3.63, 3.8) is 0 Å². The van der Waals surface area contributed by atoms with Gasteiger partial charge in [-0.1, -0.05) is 19.6 Å². The molecule has 2 aromatic rings. The molecule has 0 atom stereocenters. The summed E-state index contributed by atoms with van der Waals surface area (Å²) in [6, 6.07) is 1.05. The van der Waals surface area contributed by atoms with E-state index < -0.39 is 13.0 Å². The summed E-state index contributed by atoms with van der Waals surface area (Å²) in [5.74, 6) is 0. The maximum atomic E-state index is 11.3. The lowest BCUT2D eigenvalue weighted by molar-refractivity contribution is -0.384. The molecule has 8 nitrogen and oxygen atoms in total. The molecule has 9 heteroatoms. The van der Waals surface area contributed by atoms with Crippen LogP contribution in [0, 0.1) is 17.0 Å². The third kappa shape index (κ3) is 3.80. The van der Waals surface area contributed by atoms with Crippen molar-refractivity contribution in [1.29, 1.82) is 0 Å². The molecule has 120 valence electrons. The van der Waals surface area contributed by atoms with Crippen LogP contribution in [-0.4, -0.2) is 39.6 Å². The van der Waals surface area contributed by atoms with Gasteiger partial charge in [0.25, 0.3) is 0 Å². The van der Waals surface area contributed by atoms with E-state index in [0.717, 1.165) is 6.04 Å². The maximum Gasteiger partial charge on any atom is 0.318 e. The largest absolute Gasteiger partial charge is 0.360 e. The standard InChI is InChI=1S/C13H21N5O3Si/c1-10-13(18(19)20)12(11-7-14-15-8-11)16-17(10)9-21-5-6-22(2,3)4/h7-8H,5-6,9H2,1-4H3,(H,14,15). The third-order valence-electron chi connectivity index (χ3n) is 3.34. The molecule has 0 aromatic carbocycles. The Labute approximate surface area is 129 Å². The van der Waals surface area contributed by atoms with Crippen LogP contribution in [0.2, 0.25) is 25.7 Å². The molecule has 2 rings (SSSR count). The smallest absolute Gasteiger partial charge is 0.318 e. The number of nitrogens with one attached hydrogen (secondary N) is 1. The topological polar surface area (TPSA) is 98.9 Å². The Morgan fingerprint density at radius 3 is 2.73 bits per heavy atom. The van der Waals surface area contributed by atoms with E-state index in [9.17, 15) is 10.1 Å². The van der Waals surface area contributed by atoms with E-state index in [-0.39, 0.29) is 12.4 Å². The highest BCUT2D eigenvalue weighted by Gasteiger charge is 2.26. The number of nitrogens with zero attached hydrogens (tertiary/aromatic N) is 4. The minimum absolute atomic E-state index is 0.00445. The first-order valence-electron chi connectivity index (χ1n) is 7.08. The second-order valence-electron chi connectivity index (χ2n) is 6.37. The number of H-pyrrole nitrogens is 1. The molecule has 0 aliphatic heterocycles. The molecule has 0 unspecified atom stereocenters. The second kappa shape index (κ2) is 6.40. The van der Waals surface area contributed by atoms with Crippen molar-refractivity contribution in [3.8, 4) is 11.3 Å². The first kappa shape index (κ1) is 16.4. The minimum Gasteiger partial charge on any atom is -0.360 e. The summed E-state index contributed by atoms with van der Waals surface area (Å²) in [7, 11) is -1.15.